The average molecular weight is 1250 g/mol. The molecule has 0 unspecified atom stereocenters. The molecule has 4 fully saturated rings. The van der Waals surface area contributed by atoms with Crippen molar-refractivity contribution in [2.24, 2.45) is 0 Å². The largest absolute Gasteiger partial charge is 0.388 e. The smallest absolute Gasteiger partial charge is 0.333 e. The van der Waals surface area contributed by atoms with Gasteiger partial charge in [0.2, 0.25) is 29.5 Å². The molecule has 0 bridgehead atoms. The van der Waals surface area contributed by atoms with Gasteiger partial charge >= 0.3 is 5.97 Å². The van der Waals surface area contributed by atoms with E-state index in [1.165, 1.54) is 51.4 Å². The third-order valence-electron chi connectivity index (χ3n) is 15.4. The fourth-order valence-corrected chi connectivity index (χ4v) is 10.1. The van der Waals surface area contributed by atoms with Gasteiger partial charge < -0.3 is 106 Å². The van der Waals surface area contributed by atoms with Crippen LogP contribution in [0.1, 0.15) is 143 Å². The molecule has 4 aliphatic heterocycles. The second-order valence-corrected chi connectivity index (χ2v) is 22.5. The lowest BCUT2D eigenvalue weighted by molar-refractivity contribution is -0.292. The quantitative estimate of drug-likeness (QED) is 0.0205. The van der Waals surface area contributed by atoms with Gasteiger partial charge in [0.05, 0.1) is 63.7 Å². The zero-order chi connectivity index (χ0) is 64.2. The molecule has 0 aromatic carbocycles. The van der Waals surface area contributed by atoms with Crippen LogP contribution in [-0.4, -0.2) is 267 Å². The van der Waals surface area contributed by atoms with E-state index in [0.29, 0.717) is 11.5 Å². The second-order valence-electron chi connectivity index (χ2n) is 22.5. The SMILES string of the molecule is CCCCCCCCCCCCC(=O)N[C@@H](CCC(=O)ON1C(=O)CCC1=O)C(=O)NCCCC[C@@H](C(=O)NCCO[C@@H]1O[C@@H](C)[C@@H](O)[C@@H](O)[C@@H]1O)N(CC(=O)NCCO[C@@H]1O[C@@H](C)[C@@H](O)[C@@H](O)[C@@H]1O)CC(=O)NCCO[C@@H]1O[C@@H](C)[C@@H](O)[C@@H](O)[C@@H]1O. The van der Waals surface area contributed by atoms with Gasteiger partial charge in [-0.15, -0.1) is 5.06 Å². The first-order valence-electron chi connectivity index (χ1n) is 30.6. The van der Waals surface area contributed by atoms with Gasteiger partial charge in [0, 0.05) is 45.4 Å². The summed E-state index contributed by atoms with van der Waals surface area (Å²) in [6, 6.07) is -2.54. The summed E-state index contributed by atoms with van der Waals surface area (Å²) in [4.78, 5) is 112. The van der Waals surface area contributed by atoms with Gasteiger partial charge in [0.1, 0.15) is 61.0 Å². The summed E-state index contributed by atoms with van der Waals surface area (Å²) >= 11 is 0. The Kier molecular flexibility index (Phi) is 33.9. The first-order chi connectivity index (χ1) is 41.4. The molecule has 0 radical (unpaired) electrons. The highest BCUT2D eigenvalue weighted by Gasteiger charge is 2.45. The Hall–Kier alpha value is -4.68. The molecule has 0 aliphatic carbocycles. The predicted molar refractivity (Wildman–Crippen MR) is 301 cm³/mol. The van der Waals surface area contributed by atoms with E-state index in [9.17, 15) is 84.3 Å². The number of aliphatic hydroxyl groups is 9. The molecular weight excluding hydrogens is 1150 g/mol. The molecule has 4 aliphatic rings. The summed E-state index contributed by atoms with van der Waals surface area (Å²) < 4.78 is 33.1. The second kappa shape index (κ2) is 39.4. The molecule has 31 heteroatoms. The number of ether oxygens (including phenoxy) is 6. The molecule has 500 valence electrons. The fourth-order valence-electron chi connectivity index (χ4n) is 10.1. The van der Waals surface area contributed by atoms with Crippen molar-refractivity contribution < 1.29 is 118 Å². The van der Waals surface area contributed by atoms with E-state index in [-0.39, 0.29) is 90.9 Å². The van der Waals surface area contributed by atoms with Gasteiger partial charge in [0.25, 0.3) is 11.8 Å². The van der Waals surface area contributed by atoms with E-state index >= 15 is 0 Å². The maximum atomic E-state index is 14.3. The Labute approximate surface area is 506 Å². The van der Waals surface area contributed by atoms with Crippen LogP contribution in [0.15, 0.2) is 0 Å². The van der Waals surface area contributed by atoms with Crippen LogP contribution in [0.4, 0.5) is 0 Å². The maximum absolute atomic E-state index is 14.3. The van der Waals surface area contributed by atoms with Gasteiger partial charge in [-0.05, 0) is 52.9 Å². The summed E-state index contributed by atoms with van der Waals surface area (Å²) in [5, 5.41) is 106. The molecule has 14 N–H and O–H groups in total. The van der Waals surface area contributed by atoms with Crippen molar-refractivity contribution >= 4 is 47.3 Å². The number of carbonyl (C=O) groups is 8. The van der Waals surface area contributed by atoms with Crippen molar-refractivity contribution in [3.05, 3.63) is 0 Å². The summed E-state index contributed by atoms with van der Waals surface area (Å²) in [6.45, 7) is 3.79. The van der Waals surface area contributed by atoms with Crippen molar-refractivity contribution in [1.82, 2.24) is 36.5 Å². The minimum Gasteiger partial charge on any atom is -0.388 e. The van der Waals surface area contributed by atoms with E-state index in [0.717, 1.165) is 32.1 Å². The van der Waals surface area contributed by atoms with E-state index < -0.39 is 171 Å². The highest BCUT2D eigenvalue weighted by atomic mass is 16.7. The average Bonchev–Trinajstić information content (AvgIpc) is 3.09. The zero-order valence-corrected chi connectivity index (χ0v) is 50.4. The zero-order valence-electron chi connectivity index (χ0n) is 50.4. The molecule has 0 spiro atoms. The van der Waals surface area contributed by atoms with Crippen LogP contribution in [0.2, 0.25) is 0 Å². The molecular formula is C56H97N7O24. The lowest BCUT2D eigenvalue weighted by Crippen LogP contribution is -2.58. The Balaban J connectivity index is 1.46. The third kappa shape index (κ3) is 25.3. The molecule has 4 rings (SSSR count). The number of hydroxylamine groups is 2. The molecule has 4 saturated heterocycles. The lowest BCUT2D eigenvalue weighted by Gasteiger charge is -2.39. The van der Waals surface area contributed by atoms with E-state index in [4.69, 9.17) is 33.3 Å². The number of imide groups is 1. The Morgan fingerprint density at radius 3 is 1.36 bits per heavy atom. The van der Waals surface area contributed by atoms with Gasteiger partial charge in [-0.3, -0.25) is 38.5 Å². The molecule has 0 aromatic rings. The molecule has 0 saturated carbocycles. The topological polar surface area (TPSA) is 450 Å². The minimum atomic E-state index is -1.65. The standard InChI is InChI=1S/C56H97N7O24/c1-5-6-7-8-9-10-11-12-13-14-18-37(64)61-35(19-22-42(69)87-63-40(67)20-21-41(63)68)52(79)59-23-16-15-17-36(53(80)60-26-29-83-56-51(78)48(75)45(72)34(4)86-56)62(30-38(65)57-24-27-81-54-49(76)46(73)43(70)32(2)84-54)31-39(66)58-25-28-82-55-50(77)47(74)44(71)33(3)85-55/h32-36,43-51,54-56,70-78H,5-31H2,1-4H3,(H,57,65)(H,58,66)(H,59,79)(H,60,80)(H,61,64)/t32-,33-,34-,35-,36-,43+,44+,45+,46+,47+,48+,49-,50-,51-,54+,55+,56+/m0/s1. The molecule has 7 amide bonds. The summed E-state index contributed by atoms with van der Waals surface area (Å²) in [5.41, 5.74) is 0. The Morgan fingerprint density at radius 2 is 0.908 bits per heavy atom. The highest BCUT2D eigenvalue weighted by Crippen LogP contribution is 2.25. The highest BCUT2D eigenvalue weighted by molar-refractivity contribution is 6.01. The van der Waals surface area contributed by atoms with Crippen molar-refractivity contribution in [3.63, 3.8) is 0 Å². The van der Waals surface area contributed by atoms with Crippen molar-refractivity contribution in [2.75, 3.05) is 59.1 Å². The van der Waals surface area contributed by atoms with Crippen LogP contribution < -0.4 is 26.6 Å². The number of aliphatic hydroxyl groups excluding tert-OH is 9. The first kappa shape index (κ1) is 74.8. The summed E-state index contributed by atoms with van der Waals surface area (Å²) in [6.07, 6.45) is -10.9. The molecule has 0 aromatic heterocycles. The number of rotatable bonds is 40. The molecule has 17 atom stereocenters. The Bertz CT molecular complexity index is 2070. The fraction of sp³-hybridized carbons (Fsp3) is 0.857. The number of hydrogen-bond donors (Lipinski definition) is 14. The first-order valence-corrected chi connectivity index (χ1v) is 30.6. The monoisotopic (exact) mass is 1250 g/mol. The lowest BCUT2D eigenvalue weighted by atomic mass is 10.0. The van der Waals surface area contributed by atoms with Crippen molar-refractivity contribution in [1.29, 1.82) is 0 Å². The molecule has 4 heterocycles. The van der Waals surface area contributed by atoms with Crippen molar-refractivity contribution in [2.45, 2.75) is 247 Å². The third-order valence-corrected chi connectivity index (χ3v) is 15.4. The van der Waals surface area contributed by atoms with E-state index in [2.05, 4.69) is 33.5 Å². The van der Waals surface area contributed by atoms with Gasteiger partial charge in [0.15, 0.2) is 18.9 Å². The van der Waals surface area contributed by atoms with Gasteiger partial charge in [-0.25, -0.2) is 4.79 Å². The van der Waals surface area contributed by atoms with Crippen molar-refractivity contribution in [3.8, 4) is 0 Å². The molecule has 87 heavy (non-hydrogen) atoms. The number of unbranched alkanes of at least 4 members (excludes halogenated alkanes) is 10. The normalized spacial score (nSPS) is 29.1. The van der Waals surface area contributed by atoms with Crippen LogP contribution in [0.5, 0.6) is 0 Å². The van der Waals surface area contributed by atoms with Crippen LogP contribution in [0.25, 0.3) is 0 Å². The van der Waals surface area contributed by atoms with Gasteiger partial charge in [-0.2, -0.15) is 0 Å². The number of carbonyl (C=O) groups excluding carboxylic acids is 8. The number of amides is 7. The number of nitrogens with one attached hydrogen (secondary N) is 5. The predicted octanol–water partition coefficient (Wildman–Crippen LogP) is -3.99. The van der Waals surface area contributed by atoms with Gasteiger partial charge in [-0.1, -0.05) is 64.7 Å². The maximum Gasteiger partial charge on any atom is 0.333 e. The van der Waals surface area contributed by atoms with Crippen LogP contribution >= 0.6 is 0 Å². The van der Waals surface area contributed by atoms with Crippen LogP contribution in [0, 0.1) is 0 Å². The summed E-state index contributed by atoms with van der Waals surface area (Å²) in [7, 11) is 0. The summed E-state index contributed by atoms with van der Waals surface area (Å²) in [5.74, 6) is -5.65. The molecule has 31 nitrogen and oxygen atoms in total. The Morgan fingerprint density at radius 1 is 0.494 bits per heavy atom. The van der Waals surface area contributed by atoms with Crippen LogP contribution in [-0.2, 0) is 71.6 Å². The van der Waals surface area contributed by atoms with Crippen LogP contribution in [0.3, 0.4) is 0 Å². The van der Waals surface area contributed by atoms with E-state index in [1.807, 2.05) is 0 Å². The number of nitrogens with zero attached hydrogens (tertiary/aromatic N) is 2. The minimum absolute atomic E-state index is 0.0426. The van der Waals surface area contributed by atoms with E-state index in [1.54, 1.807) is 0 Å². The number of hydrogen-bond acceptors (Lipinski definition) is 25.